The van der Waals surface area contributed by atoms with Gasteiger partial charge in [0.05, 0.1) is 29.5 Å². The number of Topliss-reactive ketones (excluding diaryl/α,β-unsaturated/α-hetero) is 1. The number of ketones is 1. The highest BCUT2D eigenvalue weighted by Gasteiger charge is 2.23. The number of ether oxygens (including phenoxy) is 4. The molecule has 1 aromatic carbocycles. The smallest absolute Gasteiger partial charge is 0.340 e. The number of carbonyl (C=O) groups is 3. The molecule has 2 heterocycles. The van der Waals surface area contributed by atoms with Crippen molar-refractivity contribution in [1.29, 1.82) is 0 Å². The number of esters is 2. The minimum Gasteiger partial charge on any atom is -0.491 e. The lowest BCUT2D eigenvalue weighted by molar-refractivity contribution is 0.0472. The Balaban J connectivity index is 1.55. The summed E-state index contributed by atoms with van der Waals surface area (Å²) in [5.74, 6) is -0.912. The van der Waals surface area contributed by atoms with Gasteiger partial charge in [-0.2, -0.15) is 0 Å². The Bertz CT molecular complexity index is 940. The average molecular weight is 429 g/mol. The Morgan fingerprint density at radius 1 is 1.10 bits per heavy atom. The van der Waals surface area contributed by atoms with E-state index in [9.17, 15) is 14.4 Å². The molecule has 1 unspecified atom stereocenters. The predicted octanol–water partition coefficient (Wildman–Crippen LogP) is 3.41. The predicted molar refractivity (Wildman–Crippen MR) is 112 cm³/mol. The summed E-state index contributed by atoms with van der Waals surface area (Å²) >= 11 is 0. The first kappa shape index (κ1) is 22.6. The highest BCUT2D eigenvalue weighted by Crippen LogP contribution is 2.20. The zero-order valence-corrected chi connectivity index (χ0v) is 18.0. The first-order valence-corrected chi connectivity index (χ1v) is 10.3. The molecular weight excluding hydrogens is 402 g/mol. The van der Waals surface area contributed by atoms with Gasteiger partial charge in [0, 0.05) is 12.3 Å². The summed E-state index contributed by atoms with van der Waals surface area (Å²) in [6.07, 6.45) is 2.14. The maximum absolute atomic E-state index is 12.5. The Hall–Kier alpha value is -3.13. The van der Waals surface area contributed by atoms with Crippen LogP contribution in [0.3, 0.4) is 0 Å². The Kier molecular flexibility index (Phi) is 7.46. The fourth-order valence-corrected chi connectivity index (χ4v) is 3.48. The van der Waals surface area contributed by atoms with Crippen LogP contribution in [0.4, 0.5) is 0 Å². The third kappa shape index (κ3) is 5.52. The van der Waals surface area contributed by atoms with Crippen molar-refractivity contribution < 1.29 is 33.3 Å². The Morgan fingerprint density at radius 2 is 1.84 bits per heavy atom. The molecule has 8 nitrogen and oxygen atoms in total. The van der Waals surface area contributed by atoms with E-state index in [1.807, 2.05) is 0 Å². The minimum atomic E-state index is -0.620. The number of benzene rings is 1. The highest BCUT2D eigenvalue weighted by molar-refractivity contribution is 6.03. The van der Waals surface area contributed by atoms with Crippen molar-refractivity contribution in [2.24, 2.45) is 0 Å². The lowest BCUT2D eigenvalue weighted by Crippen LogP contribution is -2.17. The third-order valence-corrected chi connectivity index (χ3v) is 5.08. The van der Waals surface area contributed by atoms with Gasteiger partial charge in [-0.1, -0.05) is 0 Å². The molecular formula is C23H27NO7. The first-order valence-electron chi connectivity index (χ1n) is 10.3. The molecule has 1 aliphatic rings. The maximum atomic E-state index is 12.5. The number of rotatable bonds is 9. The average Bonchev–Trinajstić information content (AvgIpc) is 3.38. The van der Waals surface area contributed by atoms with E-state index in [-0.39, 0.29) is 18.4 Å². The molecule has 8 heteroatoms. The van der Waals surface area contributed by atoms with Crippen molar-refractivity contribution >= 4 is 17.7 Å². The number of aromatic amines is 1. The van der Waals surface area contributed by atoms with Crippen LogP contribution < -0.4 is 4.74 Å². The summed E-state index contributed by atoms with van der Waals surface area (Å²) in [4.78, 5) is 39.8. The van der Waals surface area contributed by atoms with Gasteiger partial charge in [0.25, 0.3) is 0 Å². The summed E-state index contributed by atoms with van der Waals surface area (Å²) in [5.41, 5.74) is 1.87. The number of hydrogen-bond donors (Lipinski definition) is 1. The SMILES string of the molecule is CCOC(=O)c1c(C)[nH]c(C(=O)COC(=O)c2ccc(OCC3CCCO3)cc2)c1C. The molecule has 0 spiro atoms. The van der Waals surface area contributed by atoms with Gasteiger partial charge in [0.15, 0.2) is 6.61 Å². The van der Waals surface area contributed by atoms with Crippen LogP contribution in [0, 0.1) is 13.8 Å². The molecule has 1 aliphatic heterocycles. The molecule has 2 aromatic rings. The highest BCUT2D eigenvalue weighted by atomic mass is 16.5. The van der Waals surface area contributed by atoms with Gasteiger partial charge in [0.2, 0.25) is 5.78 Å². The van der Waals surface area contributed by atoms with Gasteiger partial charge >= 0.3 is 11.9 Å². The molecule has 0 radical (unpaired) electrons. The first-order chi connectivity index (χ1) is 14.9. The third-order valence-electron chi connectivity index (χ3n) is 5.08. The molecule has 166 valence electrons. The van der Waals surface area contributed by atoms with Crippen molar-refractivity contribution in [2.75, 3.05) is 26.4 Å². The number of hydrogen-bond acceptors (Lipinski definition) is 7. The van der Waals surface area contributed by atoms with E-state index >= 15 is 0 Å². The molecule has 3 rings (SSSR count). The van der Waals surface area contributed by atoms with Gasteiger partial charge in [0.1, 0.15) is 12.4 Å². The molecule has 31 heavy (non-hydrogen) atoms. The van der Waals surface area contributed by atoms with Gasteiger partial charge < -0.3 is 23.9 Å². The van der Waals surface area contributed by atoms with E-state index in [0.717, 1.165) is 19.4 Å². The second kappa shape index (κ2) is 10.3. The van der Waals surface area contributed by atoms with Crippen molar-refractivity contribution in [3.8, 4) is 5.75 Å². The summed E-state index contributed by atoms with van der Waals surface area (Å²) in [5, 5.41) is 0. The molecule has 0 aliphatic carbocycles. The molecule has 0 bridgehead atoms. The van der Waals surface area contributed by atoms with Crippen molar-refractivity contribution in [3.63, 3.8) is 0 Å². The normalized spacial score (nSPS) is 15.5. The largest absolute Gasteiger partial charge is 0.491 e. The molecule has 1 aromatic heterocycles. The van der Waals surface area contributed by atoms with Crippen LogP contribution >= 0.6 is 0 Å². The standard InChI is InChI=1S/C23H27NO7/c1-4-28-23(27)20-14(2)21(24-15(20)3)19(25)13-31-22(26)16-7-9-17(10-8-16)30-12-18-6-5-11-29-18/h7-10,18,24H,4-6,11-13H2,1-3H3. The molecule has 0 amide bonds. The molecule has 1 atom stereocenters. The van der Waals surface area contributed by atoms with E-state index in [1.165, 1.54) is 0 Å². The fourth-order valence-electron chi connectivity index (χ4n) is 3.48. The van der Waals surface area contributed by atoms with Gasteiger partial charge in [-0.3, -0.25) is 4.79 Å². The van der Waals surface area contributed by atoms with Crippen LogP contribution in [0.5, 0.6) is 5.75 Å². The van der Waals surface area contributed by atoms with Crippen LogP contribution in [0.2, 0.25) is 0 Å². The summed E-state index contributed by atoms with van der Waals surface area (Å²) in [6.45, 7) is 6.08. The monoisotopic (exact) mass is 429 g/mol. The van der Waals surface area contributed by atoms with Crippen molar-refractivity contribution in [2.45, 2.75) is 39.7 Å². The van der Waals surface area contributed by atoms with Crippen molar-refractivity contribution in [3.05, 3.63) is 52.3 Å². The number of H-pyrrole nitrogens is 1. The lowest BCUT2D eigenvalue weighted by Gasteiger charge is -2.11. The van der Waals surface area contributed by atoms with Gasteiger partial charge in [-0.15, -0.1) is 0 Å². The zero-order valence-electron chi connectivity index (χ0n) is 18.0. The number of aromatic nitrogens is 1. The zero-order chi connectivity index (χ0) is 22.4. The quantitative estimate of drug-likeness (QED) is 0.481. The number of aryl methyl sites for hydroxylation is 1. The van der Waals surface area contributed by atoms with Crippen LogP contribution in [0.15, 0.2) is 24.3 Å². The minimum absolute atomic E-state index is 0.111. The van der Waals surface area contributed by atoms with Crippen molar-refractivity contribution in [1.82, 2.24) is 4.98 Å². The van der Waals surface area contributed by atoms with E-state index in [0.29, 0.717) is 34.7 Å². The second-order valence-electron chi connectivity index (χ2n) is 7.32. The topological polar surface area (TPSA) is 104 Å². The molecule has 1 N–H and O–H groups in total. The molecule has 0 saturated carbocycles. The van der Waals surface area contributed by atoms with E-state index in [2.05, 4.69) is 4.98 Å². The second-order valence-corrected chi connectivity index (χ2v) is 7.32. The number of nitrogens with one attached hydrogen (secondary N) is 1. The van der Waals surface area contributed by atoms with Crippen LogP contribution in [0.1, 0.15) is 62.2 Å². The molecule has 1 fully saturated rings. The van der Waals surface area contributed by atoms with Crippen LogP contribution in [0.25, 0.3) is 0 Å². The fraction of sp³-hybridized carbons (Fsp3) is 0.435. The Morgan fingerprint density at radius 3 is 2.48 bits per heavy atom. The van der Waals surface area contributed by atoms with E-state index < -0.39 is 24.3 Å². The van der Waals surface area contributed by atoms with Crippen LogP contribution in [-0.2, 0) is 14.2 Å². The maximum Gasteiger partial charge on any atom is 0.340 e. The molecule has 1 saturated heterocycles. The van der Waals surface area contributed by atoms with E-state index in [1.54, 1.807) is 45.0 Å². The number of carbonyl (C=O) groups excluding carboxylic acids is 3. The van der Waals surface area contributed by atoms with Gasteiger partial charge in [-0.05, 0) is 63.4 Å². The summed E-state index contributed by atoms with van der Waals surface area (Å²) in [6, 6.07) is 6.52. The summed E-state index contributed by atoms with van der Waals surface area (Å²) in [7, 11) is 0. The summed E-state index contributed by atoms with van der Waals surface area (Å²) < 4.78 is 21.4. The lowest BCUT2D eigenvalue weighted by atomic mass is 10.1. The van der Waals surface area contributed by atoms with Gasteiger partial charge in [-0.25, -0.2) is 9.59 Å². The van der Waals surface area contributed by atoms with Crippen LogP contribution in [-0.4, -0.2) is 55.2 Å². The van der Waals surface area contributed by atoms with E-state index in [4.69, 9.17) is 18.9 Å². The Labute approximate surface area is 180 Å².